The lowest BCUT2D eigenvalue weighted by atomic mass is 10.1. The summed E-state index contributed by atoms with van der Waals surface area (Å²) in [5.41, 5.74) is 1.14. The zero-order valence-electron chi connectivity index (χ0n) is 11.6. The van der Waals surface area contributed by atoms with Gasteiger partial charge < -0.3 is 4.90 Å². The summed E-state index contributed by atoms with van der Waals surface area (Å²) in [5, 5.41) is 8.95. The molecule has 0 N–H and O–H groups in total. The summed E-state index contributed by atoms with van der Waals surface area (Å²) in [5.74, 6) is 0.328. The van der Waals surface area contributed by atoms with E-state index in [0.29, 0.717) is 11.3 Å². The van der Waals surface area contributed by atoms with Crippen molar-refractivity contribution < 1.29 is 9.18 Å². The maximum atomic E-state index is 13.1. The van der Waals surface area contributed by atoms with Crippen LogP contribution in [0.4, 0.5) is 4.39 Å². The molecule has 106 valence electrons. The fourth-order valence-corrected chi connectivity index (χ4v) is 3.49. The molecule has 1 heterocycles. The molecule has 2 rings (SSSR count). The van der Waals surface area contributed by atoms with Gasteiger partial charge in [0, 0.05) is 18.3 Å². The molecule has 1 aliphatic heterocycles. The van der Waals surface area contributed by atoms with Gasteiger partial charge in [-0.25, -0.2) is 4.39 Å². The van der Waals surface area contributed by atoms with Gasteiger partial charge in [0.05, 0.1) is 16.9 Å². The molecule has 1 atom stereocenters. The molecule has 1 amide bonds. The average molecular weight is 292 g/mol. The Balaban J connectivity index is 2.00. The second kappa shape index (κ2) is 6.27. The maximum absolute atomic E-state index is 13.1. The molecule has 0 saturated carbocycles. The van der Waals surface area contributed by atoms with Crippen molar-refractivity contribution in [1.82, 2.24) is 4.90 Å². The Morgan fingerprint density at radius 1 is 1.55 bits per heavy atom. The lowest BCUT2D eigenvalue weighted by Crippen LogP contribution is -2.34. The third-order valence-corrected chi connectivity index (χ3v) is 4.76. The van der Waals surface area contributed by atoms with Crippen LogP contribution in [-0.4, -0.2) is 28.6 Å². The van der Waals surface area contributed by atoms with Gasteiger partial charge in [-0.1, -0.05) is 6.07 Å². The predicted octanol–water partition coefficient (Wildman–Crippen LogP) is 2.94. The van der Waals surface area contributed by atoms with Crippen LogP contribution in [0.5, 0.6) is 0 Å². The number of carbonyl (C=O) groups excluding carboxylic acids is 1. The number of nitrogens with zero attached hydrogens (tertiary/aromatic N) is 2. The van der Waals surface area contributed by atoms with Gasteiger partial charge in [-0.15, -0.1) is 11.8 Å². The average Bonchev–Trinajstić information content (AvgIpc) is 2.78. The minimum atomic E-state index is -0.404. The van der Waals surface area contributed by atoms with E-state index in [1.165, 1.54) is 23.9 Å². The van der Waals surface area contributed by atoms with Crippen molar-refractivity contribution in [3.63, 3.8) is 0 Å². The van der Waals surface area contributed by atoms with E-state index in [9.17, 15) is 9.18 Å². The van der Waals surface area contributed by atoms with Crippen molar-refractivity contribution >= 4 is 17.7 Å². The summed E-state index contributed by atoms with van der Waals surface area (Å²) < 4.78 is 13.1. The van der Waals surface area contributed by atoms with Crippen molar-refractivity contribution in [3.05, 3.63) is 35.1 Å². The van der Waals surface area contributed by atoms with Crippen LogP contribution in [0.1, 0.15) is 31.4 Å². The number of rotatable bonds is 4. The molecule has 20 heavy (non-hydrogen) atoms. The third-order valence-electron chi connectivity index (χ3n) is 3.45. The molecule has 1 aromatic carbocycles. The second-order valence-corrected chi connectivity index (χ2v) is 6.32. The predicted molar refractivity (Wildman–Crippen MR) is 77.7 cm³/mol. The third kappa shape index (κ3) is 3.13. The Morgan fingerprint density at radius 2 is 2.30 bits per heavy atom. The standard InChI is InChI=1S/C15H17FN2OS/c1-10(2)18-6-5-14(15(18)19)20-9-11-3-4-13(16)7-12(11)8-17/h3-4,7,10,14H,5-6,9H2,1-2H3/t14-/m1/s1. The Hall–Kier alpha value is -1.54. The van der Waals surface area contributed by atoms with Crippen molar-refractivity contribution in [3.8, 4) is 6.07 Å². The van der Waals surface area contributed by atoms with E-state index >= 15 is 0 Å². The highest BCUT2D eigenvalue weighted by atomic mass is 32.2. The fraction of sp³-hybridized carbons (Fsp3) is 0.467. The monoisotopic (exact) mass is 292 g/mol. The lowest BCUT2D eigenvalue weighted by molar-refractivity contribution is -0.128. The van der Waals surface area contributed by atoms with Crippen LogP contribution in [0, 0.1) is 17.1 Å². The van der Waals surface area contributed by atoms with Crippen LogP contribution in [0.25, 0.3) is 0 Å². The van der Waals surface area contributed by atoms with E-state index < -0.39 is 5.82 Å². The second-order valence-electron chi connectivity index (χ2n) is 5.13. The molecule has 5 heteroatoms. The molecule has 0 aliphatic carbocycles. The van der Waals surface area contributed by atoms with Gasteiger partial charge >= 0.3 is 0 Å². The number of thioether (sulfide) groups is 1. The molecule has 1 aromatic rings. The molecule has 0 radical (unpaired) electrons. The zero-order chi connectivity index (χ0) is 14.7. The quantitative estimate of drug-likeness (QED) is 0.857. The minimum absolute atomic E-state index is 0.0472. The van der Waals surface area contributed by atoms with Crippen molar-refractivity contribution in [2.24, 2.45) is 0 Å². The Bertz CT molecular complexity index is 553. The highest BCUT2D eigenvalue weighted by molar-refractivity contribution is 7.99. The number of amides is 1. The molecule has 0 unspecified atom stereocenters. The Kier molecular flexibility index (Phi) is 4.66. The SMILES string of the molecule is CC(C)N1CC[C@@H](SCc2ccc(F)cc2C#N)C1=O. The van der Waals surface area contributed by atoms with Crippen molar-refractivity contribution in [2.45, 2.75) is 37.3 Å². The first-order valence-corrected chi connectivity index (χ1v) is 7.68. The molecule has 1 saturated heterocycles. The highest BCUT2D eigenvalue weighted by Crippen LogP contribution is 2.29. The van der Waals surface area contributed by atoms with Gasteiger partial charge in [-0.05, 0) is 38.0 Å². The van der Waals surface area contributed by atoms with E-state index in [4.69, 9.17) is 5.26 Å². The molecular formula is C15H17FN2OS. The lowest BCUT2D eigenvalue weighted by Gasteiger charge is -2.20. The number of nitriles is 1. The summed E-state index contributed by atoms with van der Waals surface area (Å²) in [6, 6.07) is 6.45. The smallest absolute Gasteiger partial charge is 0.235 e. The minimum Gasteiger partial charge on any atom is -0.339 e. The number of benzene rings is 1. The summed E-state index contributed by atoms with van der Waals surface area (Å²) in [6.07, 6.45) is 0.838. The van der Waals surface area contributed by atoms with Gasteiger partial charge in [-0.3, -0.25) is 4.79 Å². The van der Waals surface area contributed by atoms with Gasteiger partial charge in [0.15, 0.2) is 0 Å². The van der Waals surface area contributed by atoms with Gasteiger partial charge in [0.1, 0.15) is 5.82 Å². The molecule has 0 aromatic heterocycles. The molecule has 1 fully saturated rings. The van der Waals surface area contributed by atoms with Crippen LogP contribution >= 0.6 is 11.8 Å². The van der Waals surface area contributed by atoms with Crippen molar-refractivity contribution in [1.29, 1.82) is 5.26 Å². The Morgan fingerprint density at radius 3 is 2.90 bits per heavy atom. The van der Waals surface area contributed by atoms with E-state index in [1.807, 2.05) is 24.8 Å². The zero-order valence-corrected chi connectivity index (χ0v) is 12.4. The van der Waals surface area contributed by atoms with Gasteiger partial charge in [0.2, 0.25) is 5.91 Å². The van der Waals surface area contributed by atoms with E-state index in [0.717, 1.165) is 18.5 Å². The van der Waals surface area contributed by atoms with Crippen LogP contribution in [0.15, 0.2) is 18.2 Å². The molecular weight excluding hydrogens is 275 g/mol. The summed E-state index contributed by atoms with van der Waals surface area (Å²) >= 11 is 1.54. The highest BCUT2D eigenvalue weighted by Gasteiger charge is 2.33. The van der Waals surface area contributed by atoms with Gasteiger partial charge in [-0.2, -0.15) is 5.26 Å². The van der Waals surface area contributed by atoms with E-state index in [2.05, 4.69) is 0 Å². The van der Waals surface area contributed by atoms with Crippen LogP contribution in [0.2, 0.25) is 0 Å². The normalized spacial score (nSPS) is 18.6. The fourth-order valence-electron chi connectivity index (χ4n) is 2.31. The molecule has 1 aliphatic rings. The first-order valence-electron chi connectivity index (χ1n) is 6.63. The van der Waals surface area contributed by atoms with Crippen LogP contribution in [0.3, 0.4) is 0 Å². The van der Waals surface area contributed by atoms with Crippen LogP contribution < -0.4 is 0 Å². The first-order chi connectivity index (χ1) is 9.52. The molecule has 0 bridgehead atoms. The summed E-state index contributed by atoms with van der Waals surface area (Å²) in [4.78, 5) is 14.0. The largest absolute Gasteiger partial charge is 0.339 e. The first kappa shape index (κ1) is 14.9. The number of hydrogen-bond donors (Lipinski definition) is 0. The molecule has 3 nitrogen and oxygen atoms in total. The Labute approximate surface area is 122 Å². The maximum Gasteiger partial charge on any atom is 0.235 e. The van der Waals surface area contributed by atoms with Crippen molar-refractivity contribution in [2.75, 3.05) is 6.54 Å². The summed E-state index contributed by atoms with van der Waals surface area (Å²) in [7, 11) is 0. The molecule has 0 spiro atoms. The number of carbonyl (C=O) groups is 1. The summed E-state index contributed by atoms with van der Waals surface area (Å²) in [6.45, 7) is 4.82. The number of hydrogen-bond acceptors (Lipinski definition) is 3. The van der Waals surface area contributed by atoms with Gasteiger partial charge in [0.25, 0.3) is 0 Å². The number of likely N-dealkylation sites (tertiary alicyclic amines) is 1. The topological polar surface area (TPSA) is 44.1 Å². The van der Waals surface area contributed by atoms with E-state index in [1.54, 1.807) is 6.07 Å². The van der Waals surface area contributed by atoms with Crippen LogP contribution in [-0.2, 0) is 10.5 Å². The van der Waals surface area contributed by atoms with E-state index in [-0.39, 0.29) is 17.2 Å². The number of halogens is 1.